The minimum atomic E-state index is -0.172. The van der Waals surface area contributed by atoms with Gasteiger partial charge in [-0.15, -0.1) is 11.3 Å². The summed E-state index contributed by atoms with van der Waals surface area (Å²) in [6.07, 6.45) is 5.37. The zero-order chi connectivity index (χ0) is 23.9. The van der Waals surface area contributed by atoms with E-state index in [0.29, 0.717) is 58.7 Å². The molecule has 0 aliphatic carbocycles. The van der Waals surface area contributed by atoms with Crippen LogP contribution in [0.1, 0.15) is 23.7 Å². The number of hydrogen-bond acceptors (Lipinski definition) is 7. The Balaban J connectivity index is 1.78. The van der Waals surface area contributed by atoms with Crippen LogP contribution in [0.2, 0.25) is 0 Å². The van der Waals surface area contributed by atoms with E-state index in [1.165, 1.54) is 15.7 Å². The number of methoxy groups -OCH3 is 1. The van der Waals surface area contributed by atoms with E-state index in [1.54, 1.807) is 43.6 Å². The standard InChI is InChI=1S/C26H23N3O4S/c1-3-32-14-15-33-24-20(5-4-6-22(24)31-2)11-12-21-23(19-9-7-18(17-27)8-10-19)25(30)29-13-16-34-26(29)28-21/h4-13,16H,3,14-15H2,1-2H3. The molecule has 34 heavy (non-hydrogen) atoms. The van der Waals surface area contributed by atoms with E-state index in [0.717, 1.165) is 5.56 Å². The van der Waals surface area contributed by atoms with Crippen molar-refractivity contribution in [3.05, 3.63) is 81.2 Å². The van der Waals surface area contributed by atoms with Crippen LogP contribution < -0.4 is 15.0 Å². The van der Waals surface area contributed by atoms with Gasteiger partial charge in [0, 0.05) is 23.7 Å². The van der Waals surface area contributed by atoms with Crippen LogP contribution in [0.3, 0.4) is 0 Å². The van der Waals surface area contributed by atoms with Gasteiger partial charge in [-0.3, -0.25) is 9.20 Å². The summed E-state index contributed by atoms with van der Waals surface area (Å²) in [7, 11) is 1.59. The molecule has 2 aromatic heterocycles. The molecule has 2 aromatic carbocycles. The number of aromatic nitrogens is 2. The third kappa shape index (κ3) is 4.86. The van der Waals surface area contributed by atoms with Crippen molar-refractivity contribution in [3.63, 3.8) is 0 Å². The number of ether oxygens (including phenoxy) is 3. The third-order valence-electron chi connectivity index (χ3n) is 5.13. The Labute approximate surface area is 201 Å². The molecule has 8 heteroatoms. The van der Waals surface area contributed by atoms with Gasteiger partial charge in [-0.25, -0.2) is 4.98 Å². The monoisotopic (exact) mass is 473 g/mol. The summed E-state index contributed by atoms with van der Waals surface area (Å²) in [5.41, 5.74) is 2.81. The molecule has 0 fully saturated rings. The molecule has 0 unspecified atom stereocenters. The van der Waals surface area contributed by atoms with Gasteiger partial charge in [0.1, 0.15) is 6.61 Å². The summed E-state index contributed by atoms with van der Waals surface area (Å²) >= 11 is 1.39. The fourth-order valence-electron chi connectivity index (χ4n) is 3.49. The largest absolute Gasteiger partial charge is 0.493 e. The lowest BCUT2D eigenvalue weighted by Gasteiger charge is -2.13. The minimum absolute atomic E-state index is 0.172. The van der Waals surface area contributed by atoms with Crippen molar-refractivity contribution < 1.29 is 14.2 Å². The van der Waals surface area contributed by atoms with Crippen LogP contribution in [0, 0.1) is 11.3 Å². The molecule has 0 spiro atoms. The van der Waals surface area contributed by atoms with Crippen molar-refractivity contribution in [2.45, 2.75) is 6.92 Å². The van der Waals surface area contributed by atoms with Crippen molar-refractivity contribution >= 4 is 28.4 Å². The molecule has 0 bridgehead atoms. The van der Waals surface area contributed by atoms with Gasteiger partial charge in [-0.2, -0.15) is 5.26 Å². The van der Waals surface area contributed by atoms with Gasteiger partial charge in [-0.1, -0.05) is 24.3 Å². The molecule has 0 aliphatic heterocycles. The molecular weight excluding hydrogens is 450 g/mol. The highest BCUT2D eigenvalue weighted by Crippen LogP contribution is 2.33. The predicted octanol–water partition coefficient (Wildman–Crippen LogP) is 4.89. The van der Waals surface area contributed by atoms with Crippen molar-refractivity contribution in [1.82, 2.24) is 9.38 Å². The summed E-state index contributed by atoms with van der Waals surface area (Å²) in [5.74, 6) is 1.20. The normalized spacial score (nSPS) is 11.1. The van der Waals surface area contributed by atoms with E-state index < -0.39 is 0 Å². The van der Waals surface area contributed by atoms with E-state index in [2.05, 4.69) is 6.07 Å². The number of thiazole rings is 1. The average Bonchev–Trinajstić information content (AvgIpc) is 3.35. The SMILES string of the molecule is CCOCCOc1c(C=Cc2nc3sccn3c(=O)c2-c2ccc(C#N)cc2)cccc1OC. The van der Waals surface area contributed by atoms with E-state index in [9.17, 15) is 4.79 Å². The molecule has 0 atom stereocenters. The van der Waals surface area contributed by atoms with Crippen LogP contribution in [-0.4, -0.2) is 36.3 Å². The summed E-state index contributed by atoms with van der Waals surface area (Å²) in [4.78, 5) is 18.6. The molecule has 172 valence electrons. The topological polar surface area (TPSA) is 85.9 Å². The van der Waals surface area contributed by atoms with Gasteiger partial charge in [-0.05, 0) is 42.8 Å². The Bertz CT molecular complexity index is 1410. The zero-order valence-corrected chi connectivity index (χ0v) is 19.7. The number of nitrogens with zero attached hydrogens (tertiary/aromatic N) is 3. The lowest BCUT2D eigenvalue weighted by Crippen LogP contribution is -2.17. The highest BCUT2D eigenvalue weighted by Gasteiger charge is 2.15. The predicted molar refractivity (Wildman–Crippen MR) is 133 cm³/mol. The molecule has 4 aromatic rings. The first-order valence-electron chi connectivity index (χ1n) is 10.7. The van der Waals surface area contributed by atoms with Crippen LogP contribution in [-0.2, 0) is 4.74 Å². The van der Waals surface area contributed by atoms with Crippen molar-refractivity contribution in [3.8, 4) is 28.7 Å². The maximum absolute atomic E-state index is 13.3. The van der Waals surface area contributed by atoms with Crippen molar-refractivity contribution in [2.75, 3.05) is 26.9 Å². The van der Waals surface area contributed by atoms with Crippen LogP contribution in [0.5, 0.6) is 11.5 Å². The number of rotatable bonds is 9. The van der Waals surface area contributed by atoms with Crippen LogP contribution in [0.4, 0.5) is 0 Å². The second-order valence-corrected chi connectivity index (χ2v) is 8.05. The molecule has 0 N–H and O–H groups in total. The molecule has 0 amide bonds. The van der Waals surface area contributed by atoms with Gasteiger partial charge in [0.15, 0.2) is 16.5 Å². The number of benzene rings is 2. The molecule has 0 saturated carbocycles. The quantitative estimate of drug-likeness (QED) is 0.322. The molecule has 4 rings (SSSR count). The Hall–Kier alpha value is -3.93. The second kappa shape index (κ2) is 10.8. The molecule has 0 saturated heterocycles. The fourth-order valence-corrected chi connectivity index (χ4v) is 4.21. The van der Waals surface area contributed by atoms with Crippen LogP contribution in [0.15, 0.2) is 58.8 Å². The average molecular weight is 474 g/mol. The fraction of sp³-hybridized carbons (Fsp3) is 0.192. The zero-order valence-electron chi connectivity index (χ0n) is 18.9. The Morgan fingerprint density at radius 3 is 2.71 bits per heavy atom. The highest BCUT2D eigenvalue weighted by atomic mass is 32.1. The van der Waals surface area contributed by atoms with Gasteiger partial charge in [0.25, 0.3) is 5.56 Å². The first kappa shape index (κ1) is 23.2. The van der Waals surface area contributed by atoms with Gasteiger partial charge >= 0.3 is 0 Å². The summed E-state index contributed by atoms with van der Waals surface area (Å²) in [5, 5.41) is 10.9. The smallest absolute Gasteiger partial charge is 0.266 e. The van der Waals surface area contributed by atoms with Crippen molar-refractivity contribution in [1.29, 1.82) is 5.26 Å². The number of fused-ring (bicyclic) bond motifs is 1. The van der Waals surface area contributed by atoms with Crippen LogP contribution in [0.25, 0.3) is 28.2 Å². The van der Waals surface area contributed by atoms with Crippen LogP contribution >= 0.6 is 11.3 Å². The first-order valence-corrected chi connectivity index (χ1v) is 11.6. The minimum Gasteiger partial charge on any atom is -0.493 e. The number of nitriles is 1. The van der Waals surface area contributed by atoms with E-state index in [4.69, 9.17) is 24.5 Å². The summed E-state index contributed by atoms with van der Waals surface area (Å²) < 4.78 is 18.3. The number of hydrogen-bond donors (Lipinski definition) is 0. The molecule has 0 aliphatic rings. The van der Waals surface area contributed by atoms with E-state index in [1.807, 2.05) is 36.6 Å². The Morgan fingerprint density at radius 1 is 1.15 bits per heavy atom. The van der Waals surface area contributed by atoms with Gasteiger partial charge in [0.2, 0.25) is 0 Å². The molecule has 7 nitrogen and oxygen atoms in total. The Kier molecular flexibility index (Phi) is 7.38. The lowest BCUT2D eigenvalue weighted by atomic mass is 10.0. The summed E-state index contributed by atoms with van der Waals surface area (Å²) in [6, 6.07) is 14.6. The molecule has 0 radical (unpaired) electrons. The van der Waals surface area contributed by atoms with Gasteiger partial charge in [0.05, 0.1) is 36.6 Å². The third-order valence-corrected chi connectivity index (χ3v) is 5.88. The van der Waals surface area contributed by atoms with Gasteiger partial charge < -0.3 is 14.2 Å². The van der Waals surface area contributed by atoms with E-state index in [-0.39, 0.29) is 5.56 Å². The molecule has 2 heterocycles. The second-order valence-electron chi connectivity index (χ2n) is 7.18. The molecular formula is C26H23N3O4S. The summed E-state index contributed by atoms with van der Waals surface area (Å²) in [6.45, 7) is 3.40. The first-order chi connectivity index (χ1) is 16.7. The number of para-hydroxylation sites is 1. The maximum atomic E-state index is 13.3. The Morgan fingerprint density at radius 2 is 1.97 bits per heavy atom. The van der Waals surface area contributed by atoms with E-state index >= 15 is 0 Å². The highest BCUT2D eigenvalue weighted by molar-refractivity contribution is 7.15. The maximum Gasteiger partial charge on any atom is 0.266 e. The lowest BCUT2D eigenvalue weighted by molar-refractivity contribution is 0.109. The van der Waals surface area contributed by atoms with Crippen molar-refractivity contribution in [2.24, 2.45) is 0 Å².